The lowest BCUT2D eigenvalue weighted by molar-refractivity contribution is -0.119. The van der Waals surface area contributed by atoms with E-state index in [4.69, 9.17) is 0 Å². The molecule has 7 nitrogen and oxygen atoms in total. The summed E-state index contributed by atoms with van der Waals surface area (Å²) >= 11 is 0. The number of amides is 1. The molecule has 4 saturated carbocycles. The molecule has 1 aromatic carbocycles. The van der Waals surface area contributed by atoms with E-state index in [1.54, 1.807) is 0 Å². The first-order chi connectivity index (χ1) is 16.7. The van der Waals surface area contributed by atoms with Crippen LogP contribution in [-0.4, -0.2) is 83.2 Å². The van der Waals surface area contributed by atoms with Crippen molar-refractivity contribution < 1.29 is 13.2 Å². The van der Waals surface area contributed by atoms with Gasteiger partial charge in [-0.1, -0.05) is 12.1 Å². The van der Waals surface area contributed by atoms with E-state index in [1.807, 2.05) is 12.1 Å². The van der Waals surface area contributed by atoms with E-state index in [2.05, 4.69) is 34.3 Å². The van der Waals surface area contributed by atoms with Crippen LogP contribution in [0.4, 0.5) is 5.69 Å². The van der Waals surface area contributed by atoms with Crippen molar-refractivity contribution in [1.82, 2.24) is 15.1 Å². The quantitative estimate of drug-likeness (QED) is 0.526. The number of hydrogen-bond donors (Lipinski definition) is 1. The fraction of sp³-hybridized carbons (Fsp3) is 0.741. The highest BCUT2D eigenvalue weighted by molar-refractivity contribution is 7.92. The van der Waals surface area contributed by atoms with Gasteiger partial charge in [-0.25, -0.2) is 8.42 Å². The van der Waals surface area contributed by atoms with Gasteiger partial charge in [-0.3, -0.25) is 9.10 Å². The van der Waals surface area contributed by atoms with Gasteiger partial charge in [0.2, 0.25) is 15.9 Å². The zero-order valence-electron chi connectivity index (χ0n) is 21.4. The summed E-state index contributed by atoms with van der Waals surface area (Å²) in [5.74, 6) is 2.36. The first-order valence-electron chi connectivity index (χ1n) is 13.5. The molecule has 1 aromatic rings. The van der Waals surface area contributed by atoms with Crippen molar-refractivity contribution in [3.8, 4) is 0 Å². The molecule has 5 fully saturated rings. The fourth-order valence-electron chi connectivity index (χ4n) is 7.63. The number of benzene rings is 1. The van der Waals surface area contributed by atoms with E-state index in [0.717, 1.165) is 56.9 Å². The molecule has 1 saturated heterocycles. The molecule has 4 bridgehead atoms. The van der Waals surface area contributed by atoms with Crippen LogP contribution < -0.4 is 9.62 Å². The molecule has 1 aliphatic heterocycles. The van der Waals surface area contributed by atoms with Gasteiger partial charge in [0, 0.05) is 32.7 Å². The van der Waals surface area contributed by atoms with Crippen molar-refractivity contribution in [1.29, 1.82) is 0 Å². The smallest absolute Gasteiger partial charge is 0.240 e. The second kappa shape index (κ2) is 10.0. The van der Waals surface area contributed by atoms with Gasteiger partial charge < -0.3 is 15.1 Å². The number of rotatable bonds is 9. The normalized spacial score (nSPS) is 31.0. The summed E-state index contributed by atoms with van der Waals surface area (Å²) < 4.78 is 26.4. The molecule has 1 amide bonds. The zero-order valence-corrected chi connectivity index (χ0v) is 22.2. The van der Waals surface area contributed by atoms with Crippen molar-refractivity contribution >= 4 is 21.6 Å². The number of hydrogen-bond acceptors (Lipinski definition) is 5. The summed E-state index contributed by atoms with van der Waals surface area (Å²) in [7, 11) is -1.42. The van der Waals surface area contributed by atoms with Crippen molar-refractivity contribution in [2.24, 2.45) is 17.8 Å². The molecule has 8 heteroatoms. The van der Waals surface area contributed by atoms with Crippen molar-refractivity contribution in [3.05, 3.63) is 29.8 Å². The number of carbonyl (C=O) groups excluding carboxylic acids is 1. The molecule has 0 atom stereocenters. The van der Waals surface area contributed by atoms with Crippen LogP contribution in [0.1, 0.15) is 50.5 Å². The Morgan fingerprint density at radius 1 is 1.00 bits per heavy atom. The second-order valence-corrected chi connectivity index (χ2v) is 13.8. The van der Waals surface area contributed by atoms with Crippen molar-refractivity contribution in [3.63, 3.8) is 0 Å². The minimum atomic E-state index is -3.56. The third-order valence-corrected chi connectivity index (χ3v) is 10.2. The van der Waals surface area contributed by atoms with Crippen LogP contribution in [0.5, 0.6) is 0 Å². The molecule has 0 unspecified atom stereocenters. The number of nitrogens with zero attached hydrogens (tertiary/aromatic N) is 3. The lowest BCUT2D eigenvalue weighted by Gasteiger charge is -2.57. The minimum Gasteiger partial charge on any atom is -0.354 e. The van der Waals surface area contributed by atoms with Crippen LogP contribution in [0, 0.1) is 17.8 Å². The molecule has 6 rings (SSSR count). The first-order valence-corrected chi connectivity index (χ1v) is 15.3. The van der Waals surface area contributed by atoms with Crippen molar-refractivity contribution in [2.45, 2.75) is 50.4 Å². The molecule has 5 aliphatic rings. The summed E-state index contributed by atoms with van der Waals surface area (Å²) in [6, 6.07) is 8.09. The molecular formula is C27H42N4O3S. The molecule has 0 aromatic heterocycles. The Morgan fingerprint density at radius 3 is 2.11 bits per heavy atom. The molecule has 1 heterocycles. The number of anilines is 1. The number of carbonyl (C=O) groups is 1. The van der Waals surface area contributed by atoms with Gasteiger partial charge in [-0.05, 0) is 99.4 Å². The van der Waals surface area contributed by atoms with Crippen LogP contribution in [0.3, 0.4) is 0 Å². The van der Waals surface area contributed by atoms with Gasteiger partial charge in [-0.15, -0.1) is 0 Å². The Bertz CT molecular complexity index is 966. The summed E-state index contributed by atoms with van der Waals surface area (Å²) in [5.41, 5.74) is 2.22. The van der Waals surface area contributed by atoms with Crippen LogP contribution in [0.2, 0.25) is 0 Å². The summed E-state index contributed by atoms with van der Waals surface area (Å²) in [4.78, 5) is 17.4. The number of sulfonamides is 1. The predicted molar refractivity (Wildman–Crippen MR) is 140 cm³/mol. The first kappa shape index (κ1) is 25.0. The van der Waals surface area contributed by atoms with Crippen LogP contribution >= 0.6 is 0 Å². The Kier molecular flexibility index (Phi) is 7.16. The fourth-order valence-corrected chi connectivity index (χ4v) is 8.49. The Balaban J connectivity index is 1.17. The van der Waals surface area contributed by atoms with Crippen LogP contribution in [-0.2, 0) is 20.2 Å². The Labute approximate surface area is 211 Å². The molecule has 1 N–H and O–H groups in total. The van der Waals surface area contributed by atoms with Gasteiger partial charge in [-0.2, -0.15) is 0 Å². The van der Waals surface area contributed by atoms with E-state index in [-0.39, 0.29) is 17.9 Å². The minimum absolute atomic E-state index is 0.177. The second-order valence-electron chi connectivity index (χ2n) is 11.9. The topological polar surface area (TPSA) is 73.0 Å². The van der Waals surface area contributed by atoms with Crippen LogP contribution in [0.15, 0.2) is 24.3 Å². The highest BCUT2D eigenvalue weighted by Crippen LogP contribution is 2.60. The largest absolute Gasteiger partial charge is 0.354 e. The third kappa shape index (κ3) is 5.70. The standard InChI is InChI=1S/C27H42N4O3S/c1-29-10-12-30(13-11-29)9-3-8-28-26(32)20-31(35(2,33)34)25-6-4-24(5-7-25)27-17-21-14-22(18-27)16-23(15-21)19-27/h4-7,21-23H,3,8-20H2,1-2H3,(H,28,32). The summed E-state index contributed by atoms with van der Waals surface area (Å²) in [5, 5.41) is 2.92. The van der Waals surface area contributed by atoms with Gasteiger partial charge in [0.15, 0.2) is 0 Å². The maximum atomic E-state index is 12.6. The van der Waals surface area contributed by atoms with Crippen molar-refractivity contribution in [2.75, 3.05) is 63.4 Å². The molecule has 35 heavy (non-hydrogen) atoms. The highest BCUT2D eigenvalue weighted by atomic mass is 32.2. The van der Waals surface area contributed by atoms with Gasteiger partial charge in [0.25, 0.3) is 0 Å². The highest BCUT2D eigenvalue weighted by Gasteiger charge is 2.51. The maximum absolute atomic E-state index is 12.6. The summed E-state index contributed by atoms with van der Waals surface area (Å²) in [6.07, 6.45) is 10.1. The third-order valence-electron chi connectivity index (χ3n) is 9.06. The Hall–Kier alpha value is -1.64. The monoisotopic (exact) mass is 502 g/mol. The molecule has 4 aliphatic carbocycles. The average Bonchev–Trinajstić information content (AvgIpc) is 2.80. The van der Waals surface area contributed by atoms with Gasteiger partial charge in [0.05, 0.1) is 11.9 Å². The average molecular weight is 503 g/mol. The number of piperazine rings is 1. The van der Waals surface area contributed by atoms with E-state index in [0.29, 0.717) is 12.2 Å². The maximum Gasteiger partial charge on any atom is 0.240 e. The number of likely N-dealkylation sites (N-methyl/N-ethyl adjacent to an activating group) is 1. The lowest BCUT2D eigenvalue weighted by atomic mass is 9.48. The van der Waals surface area contributed by atoms with E-state index in [1.165, 1.54) is 54.6 Å². The van der Waals surface area contributed by atoms with E-state index in [9.17, 15) is 13.2 Å². The predicted octanol–water partition coefficient (Wildman–Crippen LogP) is 2.67. The van der Waals surface area contributed by atoms with Gasteiger partial charge >= 0.3 is 0 Å². The SMILES string of the molecule is CN1CCN(CCCNC(=O)CN(c2ccc(C34CC5CC(CC(C5)C3)C4)cc2)S(C)(=O)=O)CC1. The number of nitrogens with one attached hydrogen (secondary N) is 1. The molecule has 194 valence electrons. The lowest BCUT2D eigenvalue weighted by Crippen LogP contribution is -2.48. The Morgan fingerprint density at radius 2 is 1.57 bits per heavy atom. The zero-order chi connectivity index (χ0) is 24.6. The van der Waals surface area contributed by atoms with E-state index >= 15 is 0 Å². The summed E-state index contributed by atoms with van der Waals surface area (Å²) in [6.45, 7) is 5.62. The molecule has 0 spiro atoms. The van der Waals surface area contributed by atoms with E-state index < -0.39 is 10.0 Å². The molecule has 0 radical (unpaired) electrons. The van der Waals surface area contributed by atoms with Gasteiger partial charge in [0.1, 0.15) is 6.54 Å². The molecular weight excluding hydrogens is 460 g/mol. The van der Waals surface area contributed by atoms with Crippen LogP contribution in [0.25, 0.3) is 0 Å².